The van der Waals surface area contributed by atoms with Gasteiger partial charge in [-0.25, -0.2) is 17.9 Å². The van der Waals surface area contributed by atoms with Gasteiger partial charge in [0.15, 0.2) is 0 Å². The third kappa shape index (κ3) is 2.98. The molecule has 2 rings (SSSR count). The predicted octanol–water partition coefficient (Wildman–Crippen LogP) is 1.62. The van der Waals surface area contributed by atoms with Crippen LogP contribution < -0.4 is 4.72 Å². The molecule has 0 aliphatic carbocycles. The summed E-state index contributed by atoms with van der Waals surface area (Å²) in [5.41, 5.74) is 1.21. The number of aromatic nitrogens is 1. The largest absolute Gasteiger partial charge is 0.475 e. The Morgan fingerprint density at radius 1 is 1.38 bits per heavy atom. The second kappa shape index (κ2) is 5.34. The van der Waals surface area contributed by atoms with Gasteiger partial charge in [0.25, 0.3) is 10.0 Å². The van der Waals surface area contributed by atoms with E-state index >= 15 is 0 Å². The molecule has 0 saturated heterocycles. The average Bonchev–Trinajstić information content (AvgIpc) is 2.96. The van der Waals surface area contributed by atoms with Gasteiger partial charge < -0.3 is 14.0 Å². The maximum absolute atomic E-state index is 12.1. The number of carboxylic acids is 1. The standard InChI is InChI=1S/C12H14N2O6S/c1-6-11(8(3)20-13-6)7(2)14-21(17,18)10-5-4-9(19-10)12(15)16/h4-5,7,14H,1-3H3,(H,15,16). The van der Waals surface area contributed by atoms with E-state index in [-0.39, 0.29) is 0 Å². The third-order valence-corrected chi connectivity index (χ3v) is 4.32. The van der Waals surface area contributed by atoms with Crippen molar-refractivity contribution in [1.29, 1.82) is 0 Å². The molecule has 0 aromatic carbocycles. The first-order valence-electron chi connectivity index (χ1n) is 6.00. The van der Waals surface area contributed by atoms with Crippen LogP contribution in [0.1, 0.15) is 40.5 Å². The van der Waals surface area contributed by atoms with Gasteiger partial charge in [0.2, 0.25) is 10.9 Å². The monoisotopic (exact) mass is 314 g/mol. The summed E-state index contributed by atoms with van der Waals surface area (Å²) in [6.07, 6.45) is 0. The van der Waals surface area contributed by atoms with Gasteiger partial charge in [-0.05, 0) is 32.9 Å². The van der Waals surface area contributed by atoms with E-state index < -0.39 is 32.9 Å². The Balaban J connectivity index is 2.26. The van der Waals surface area contributed by atoms with Crippen molar-refractivity contribution in [2.24, 2.45) is 0 Å². The predicted molar refractivity (Wildman–Crippen MR) is 70.4 cm³/mol. The van der Waals surface area contributed by atoms with Crippen LogP contribution >= 0.6 is 0 Å². The molecule has 0 aliphatic rings. The molecule has 0 spiro atoms. The molecule has 2 aromatic heterocycles. The summed E-state index contributed by atoms with van der Waals surface area (Å²) < 4.78 is 36.5. The van der Waals surface area contributed by atoms with E-state index in [9.17, 15) is 13.2 Å². The average molecular weight is 314 g/mol. The Morgan fingerprint density at radius 3 is 2.52 bits per heavy atom. The molecule has 0 fully saturated rings. The molecule has 0 amide bonds. The first-order valence-corrected chi connectivity index (χ1v) is 7.49. The molecule has 0 saturated carbocycles. The number of nitrogens with one attached hydrogen (secondary N) is 1. The summed E-state index contributed by atoms with van der Waals surface area (Å²) in [5, 5.41) is 12.0. The minimum atomic E-state index is -3.98. The molecule has 0 bridgehead atoms. The van der Waals surface area contributed by atoms with Crippen molar-refractivity contribution in [2.45, 2.75) is 31.9 Å². The van der Waals surface area contributed by atoms with E-state index in [0.717, 1.165) is 12.1 Å². The first kappa shape index (κ1) is 15.3. The molecule has 2 heterocycles. The zero-order valence-corrected chi connectivity index (χ0v) is 12.4. The molecule has 9 heteroatoms. The Morgan fingerprint density at radius 2 is 2.05 bits per heavy atom. The van der Waals surface area contributed by atoms with Crippen LogP contribution in [0.15, 0.2) is 26.2 Å². The number of aryl methyl sites for hydroxylation is 2. The van der Waals surface area contributed by atoms with Crippen LogP contribution in [0.3, 0.4) is 0 Å². The van der Waals surface area contributed by atoms with Crippen molar-refractivity contribution in [3.63, 3.8) is 0 Å². The lowest BCUT2D eigenvalue weighted by molar-refractivity contribution is 0.0656. The SMILES string of the molecule is Cc1noc(C)c1C(C)NS(=O)(=O)c1ccc(C(=O)O)o1. The Hall–Kier alpha value is -2.13. The summed E-state index contributed by atoms with van der Waals surface area (Å²) >= 11 is 0. The number of furan rings is 1. The van der Waals surface area contributed by atoms with E-state index in [2.05, 4.69) is 9.88 Å². The van der Waals surface area contributed by atoms with Crippen LogP contribution in [0.4, 0.5) is 0 Å². The van der Waals surface area contributed by atoms with Crippen LogP contribution in [-0.2, 0) is 10.0 Å². The van der Waals surface area contributed by atoms with Gasteiger partial charge in [-0.2, -0.15) is 0 Å². The number of carboxylic acid groups (broad SMARTS) is 1. The molecule has 2 aromatic rings. The number of hydrogen-bond donors (Lipinski definition) is 2. The number of hydrogen-bond acceptors (Lipinski definition) is 6. The van der Waals surface area contributed by atoms with Crippen molar-refractivity contribution >= 4 is 16.0 Å². The molecular formula is C12H14N2O6S. The maximum atomic E-state index is 12.1. The van der Waals surface area contributed by atoms with Crippen molar-refractivity contribution in [3.05, 3.63) is 34.9 Å². The third-order valence-electron chi connectivity index (χ3n) is 2.91. The lowest BCUT2D eigenvalue weighted by atomic mass is 10.1. The van der Waals surface area contributed by atoms with Gasteiger partial charge in [-0.3, -0.25) is 0 Å². The molecule has 1 unspecified atom stereocenters. The second-order valence-corrected chi connectivity index (χ2v) is 6.15. The highest BCUT2D eigenvalue weighted by Crippen LogP contribution is 2.23. The fraction of sp³-hybridized carbons (Fsp3) is 0.333. The fourth-order valence-corrected chi connectivity index (χ4v) is 3.18. The summed E-state index contributed by atoms with van der Waals surface area (Å²) in [6.45, 7) is 5.01. The van der Waals surface area contributed by atoms with Gasteiger partial charge in [0.1, 0.15) is 5.76 Å². The Kier molecular flexibility index (Phi) is 3.88. The minimum Gasteiger partial charge on any atom is -0.475 e. The van der Waals surface area contributed by atoms with Crippen LogP contribution in [0, 0.1) is 13.8 Å². The van der Waals surface area contributed by atoms with Gasteiger partial charge in [-0.1, -0.05) is 5.16 Å². The lowest BCUT2D eigenvalue weighted by Crippen LogP contribution is -2.27. The van der Waals surface area contributed by atoms with E-state index in [4.69, 9.17) is 14.0 Å². The number of sulfonamides is 1. The normalized spacial score (nSPS) is 13.3. The van der Waals surface area contributed by atoms with Crippen LogP contribution in [0.2, 0.25) is 0 Å². The van der Waals surface area contributed by atoms with Gasteiger partial charge in [-0.15, -0.1) is 0 Å². The molecule has 0 aliphatic heterocycles. The lowest BCUT2D eigenvalue weighted by Gasteiger charge is -2.12. The van der Waals surface area contributed by atoms with Crippen LogP contribution in [0.5, 0.6) is 0 Å². The van der Waals surface area contributed by atoms with Crippen molar-refractivity contribution < 1.29 is 27.3 Å². The van der Waals surface area contributed by atoms with Gasteiger partial charge in [0, 0.05) is 11.6 Å². The number of rotatable bonds is 5. The summed E-state index contributed by atoms with van der Waals surface area (Å²) in [6, 6.07) is 1.57. The number of aromatic carboxylic acids is 1. The molecule has 114 valence electrons. The van der Waals surface area contributed by atoms with E-state index in [0.29, 0.717) is 17.0 Å². The van der Waals surface area contributed by atoms with Gasteiger partial charge >= 0.3 is 5.97 Å². The molecule has 2 N–H and O–H groups in total. The highest BCUT2D eigenvalue weighted by Gasteiger charge is 2.26. The van der Waals surface area contributed by atoms with Crippen molar-refractivity contribution in [1.82, 2.24) is 9.88 Å². The summed E-state index contributed by atoms with van der Waals surface area (Å²) in [4.78, 5) is 10.7. The number of carbonyl (C=O) groups is 1. The zero-order valence-electron chi connectivity index (χ0n) is 11.6. The molecule has 0 radical (unpaired) electrons. The second-order valence-electron chi connectivity index (χ2n) is 4.50. The molecular weight excluding hydrogens is 300 g/mol. The fourth-order valence-electron chi connectivity index (χ4n) is 2.04. The Labute approximate surface area is 120 Å². The summed E-state index contributed by atoms with van der Waals surface area (Å²) in [5.74, 6) is -1.27. The summed E-state index contributed by atoms with van der Waals surface area (Å²) in [7, 11) is -3.98. The quantitative estimate of drug-likeness (QED) is 0.859. The molecule has 21 heavy (non-hydrogen) atoms. The first-order chi connectivity index (χ1) is 9.72. The topological polar surface area (TPSA) is 123 Å². The van der Waals surface area contributed by atoms with Gasteiger partial charge in [0.05, 0.1) is 5.69 Å². The number of nitrogens with zero attached hydrogens (tertiary/aromatic N) is 1. The highest BCUT2D eigenvalue weighted by molar-refractivity contribution is 7.89. The zero-order chi connectivity index (χ0) is 15.8. The van der Waals surface area contributed by atoms with Crippen LogP contribution in [-0.4, -0.2) is 24.7 Å². The van der Waals surface area contributed by atoms with Crippen molar-refractivity contribution in [3.8, 4) is 0 Å². The van der Waals surface area contributed by atoms with Crippen molar-refractivity contribution in [2.75, 3.05) is 0 Å². The molecule has 8 nitrogen and oxygen atoms in total. The molecule has 1 atom stereocenters. The minimum absolute atomic E-state index is 0.444. The smallest absolute Gasteiger partial charge is 0.371 e. The van der Waals surface area contributed by atoms with E-state index in [1.54, 1.807) is 20.8 Å². The maximum Gasteiger partial charge on any atom is 0.371 e. The Bertz CT molecular complexity index is 754. The van der Waals surface area contributed by atoms with E-state index in [1.165, 1.54) is 0 Å². The van der Waals surface area contributed by atoms with Crippen LogP contribution in [0.25, 0.3) is 0 Å². The highest BCUT2D eigenvalue weighted by atomic mass is 32.2. The van der Waals surface area contributed by atoms with E-state index in [1.807, 2.05) is 0 Å².